The molecule has 3 rings (SSSR count). The summed E-state index contributed by atoms with van der Waals surface area (Å²) < 4.78 is 13.3. The SMILES string of the molecule is Oc1cc(-c2cccc(F)c2)c2ccccc2c1. The number of fused-ring (bicyclic) bond motifs is 1. The molecule has 0 aromatic heterocycles. The van der Waals surface area contributed by atoms with Crippen LogP contribution in [0, 0.1) is 5.82 Å². The molecule has 1 nitrogen and oxygen atoms in total. The third-order valence-electron chi connectivity index (χ3n) is 2.98. The molecule has 0 atom stereocenters. The van der Waals surface area contributed by atoms with Gasteiger partial charge >= 0.3 is 0 Å². The van der Waals surface area contributed by atoms with E-state index in [9.17, 15) is 9.50 Å². The lowest BCUT2D eigenvalue weighted by Gasteiger charge is -2.08. The highest BCUT2D eigenvalue weighted by Gasteiger charge is 2.06. The Balaban J connectivity index is 2.34. The Morgan fingerprint density at radius 2 is 1.67 bits per heavy atom. The van der Waals surface area contributed by atoms with Gasteiger partial charge < -0.3 is 5.11 Å². The third kappa shape index (κ3) is 1.82. The van der Waals surface area contributed by atoms with Gasteiger partial charge in [0, 0.05) is 0 Å². The van der Waals surface area contributed by atoms with Crippen LogP contribution in [0.1, 0.15) is 0 Å². The summed E-state index contributed by atoms with van der Waals surface area (Å²) in [6.07, 6.45) is 0. The molecule has 0 aliphatic carbocycles. The van der Waals surface area contributed by atoms with E-state index in [-0.39, 0.29) is 11.6 Å². The highest BCUT2D eigenvalue weighted by atomic mass is 19.1. The molecule has 0 saturated heterocycles. The normalized spacial score (nSPS) is 10.7. The predicted molar refractivity (Wildman–Crippen MR) is 71.0 cm³/mol. The van der Waals surface area contributed by atoms with Crippen LogP contribution in [0.25, 0.3) is 21.9 Å². The average Bonchev–Trinajstić information content (AvgIpc) is 2.37. The van der Waals surface area contributed by atoms with Gasteiger partial charge in [0.25, 0.3) is 0 Å². The maximum atomic E-state index is 13.3. The van der Waals surface area contributed by atoms with E-state index in [0.717, 1.165) is 21.9 Å². The van der Waals surface area contributed by atoms with Gasteiger partial charge in [-0.1, -0.05) is 36.4 Å². The van der Waals surface area contributed by atoms with Crippen molar-refractivity contribution in [3.8, 4) is 16.9 Å². The van der Waals surface area contributed by atoms with E-state index in [2.05, 4.69) is 0 Å². The zero-order chi connectivity index (χ0) is 12.5. The van der Waals surface area contributed by atoms with E-state index >= 15 is 0 Å². The molecule has 0 aliphatic heterocycles. The van der Waals surface area contributed by atoms with Gasteiger partial charge in [-0.2, -0.15) is 0 Å². The smallest absolute Gasteiger partial charge is 0.123 e. The molecule has 1 N–H and O–H groups in total. The van der Waals surface area contributed by atoms with Crippen molar-refractivity contribution in [1.29, 1.82) is 0 Å². The molecule has 3 aromatic rings. The summed E-state index contributed by atoms with van der Waals surface area (Å²) in [5, 5.41) is 11.7. The van der Waals surface area contributed by atoms with Gasteiger partial charge in [0.1, 0.15) is 11.6 Å². The number of phenolic OH excluding ortho intramolecular Hbond substituents is 1. The first-order valence-electron chi connectivity index (χ1n) is 5.72. The van der Waals surface area contributed by atoms with E-state index in [4.69, 9.17) is 0 Å². The van der Waals surface area contributed by atoms with Crippen molar-refractivity contribution >= 4 is 10.8 Å². The molecule has 0 bridgehead atoms. The van der Waals surface area contributed by atoms with Gasteiger partial charge in [-0.25, -0.2) is 4.39 Å². The monoisotopic (exact) mass is 238 g/mol. The van der Waals surface area contributed by atoms with Crippen LogP contribution in [0.2, 0.25) is 0 Å². The van der Waals surface area contributed by atoms with Crippen LogP contribution >= 0.6 is 0 Å². The number of aromatic hydroxyl groups is 1. The summed E-state index contributed by atoms with van der Waals surface area (Å²) in [6, 6.07) is 17.5. The van der Waals surface area contributed by atoms with E-state index < -0.39 is 0 Å². The lowest BCUT2D eigenvalue weighted by molar-refractivity contribution is 0.476. The number of halogens is 1. The summed E-state index contributed by atoms with van der Waals surface area (Å²) in [7, 11) is 0. The largest absolute Gasteiger partial charge is 0.508 e. The van der Waals surface area contributed by atoms with Crippen LogP contribution < -0.4 is 0 Å². The summed E-state index contributed by atoms with van der Waals surface area (Å²) in [5.74, 6) is -0.0899. The number of hydrogen-bond acceptors (Lipinski definition) is 1. The highest BCUT2D eigenvalue weighted by Crippen LogP contribution is 2.32. The first-order valence-corrected chi connectivity index (χ1v) is 5.72. The number of benzene rings is 3. The fourth-order valence-electron chi connectivity index (χ4n) is 2.19. The van der Waals surface area contributed by atoms with Crippen LogP contribution in [0.4, 0.5) is 4.39 Å². The Kier molecular flexibility index (Phi) is 2.49. The summed E-state index contributed by atoms with van der Waals surface area (Å²) >= 11 is 0. The van der Waals surface area contributed by atoms with Crippen LogP contribution in [0.15, 0.2) is 60.7 Å². The molecule has 0 amide bonds. The quantitative estimate of drug-likeness (QED) is 0.668. The molecule has 0 saturated carbocycles. The topological polar surface area (TPSA) is 20.2 Å². The summed E-state index contributed by atoms with van der Waals surface area (Å²) in [5.41, 5.74) is 1.60. The molecule has 0 aliphatic rings. The fourth-order valence-corrected chi connectivity index (χ4v) is 2.19. The van der Waals surface area contributed by atoms with Crippen molar-refractivity contribution in [2.75, 3.05) is 0 Å². The number of rotatable bonds is 1. The molecule has 88 valence electrons. The average molecular weight is 238 g/mol. The minimum Gasteiger partial charge on any atom is -0.508 e. The van der Waals surface area contributed by atoms with Crippen LogP contribution in [-0.4, -0.2) is 5.11 Å². The van der Waals surface area contributed by atoms with E-state index in [1.807, 2.05) is 30.3 Å². The Morgan fingerprint density at radius 1 is 0.833 bits per heavy atom. The molecule has 0 fully saturated rings. The number of hydrogen-bond donors (Lipinski definition) is 1. The molecule has 0 spiro atoms. The first kappa shape index (κ1) is 10.8. The molecule has 0 radical (unpaired) electrons. The van der Waals surface area contributed by atoms with Crippen LogP contribution in [0.3, 0.4) is 0 Å². The molecular weight excluding hydrogens is 227 g/mol. The lowest BCUT2D eigenvalue weighted by atomic mass is 9.98. The number of phenols is 1. The fraction of sp³-hybridized carbons (Fsp3) is 0. The second-order valence-electron chi connectivity index (χ2n) is 4.22. The van der Waals surface area contributed by atoms with Crippen molar-refractivity contribution in [1.82, 2.24) is 0 Å². The van der Waals surface area contributed by atoms with Crippen LogP contribution in [0.5, 0.6) is 5.75 Å². The van der Waals surface area contributed by atoms with Crippen molar-refractivity contribution in [2.45, 2.75) is 0 Å². The maximum absolute atomic E-state index is 13.3. The molecule has 0 unspecified atom stereocenters. The van der Waals surface area contributed by atoms with Gasteiger partial charge in [-0.3, -0.25) is 0 Å². The Bertz CT molecular complexity index is 719. The molecular formula is C16H11FO. The predicted octanol–water partition coefficient (Wildman–Crippen LogP) is 4.35. The van der Waals surface area contributed by atoms with Gasteiger partial charge in [0.2, 0.25) is 0 Å². The van der Waals surface area contributed by atoms with E-state index in [1.165, 1.54) is 12.1 Å². The minimum atomic E-state index is -0.278. The van der Waals surface area contributed by atoms with Crippen molar-refractivity contribution in [3.63, 3.8) is 0 Å². The summed E-state index contributed by atoms with van der Waals surface area (Å²) in [6.45, 7) is 0. The molecule has 0 heterocycles. The third-order valence-corrected chi connectivity index (χ3v) is 2.98. The van der Waals surface area contributed by atoms with Crippen molar-refractivity contribution < 1.29 is 9.50 Å². The minimum absolute atomic E-state index is 0.188. The Hall–Kier alpha value is -2.35. The van der Waals surface area contributed by atoms with Gasteiger partial charge in [0.05, 0.1) is 0 Å². The van der Waals surface area contributed by atoms with Crippen molar-refractivity contribution in [3.05, 3.63) is 66.5 Å². The van der Waals surface area contributed by atoms with Crippen LogP contribution in [-0.2, 0) is 0 Å². The van der Waals surface area contributed by atoms with Gasteiger partial charge in [0.15, 0.2) is 0 Å². The molecule has 18 heavy (non-hydrogen) atoms. The maximum Gasteiger partial charge on any atom is 0.123 e. The van der Waals surface area contributed by atoms with Gasteiger partial charge in [-0.05, 0) is 46.2 Å². The molecule has 3 aromatic carbocycles. The molecule has 2 heteroatoms. The Morgan fingerprint density at radius 3 is 2.50 bits per heavy atom. The zero-order valence-electron chi connectivity index (χ0n) is 9.60. The van der Waals surface area contributed by atoms with Gasteiger partial charge in [-0.15, -0.1) is 0 Å². The Labute approximate surface area is 104 Å². The lowest BCUT2D eigenvalue weighted by Crippen LogP contribution is -1.83. The first-order chi connectivity index (χ1) is 8.74. The van der Waals surface area contributed by atoms with Crippen molar-refractivity contribution in [2.24, 2.45) is 0 Å². The standard InChI is InChI=1S/C16H11FO/c17-13-6-3-5-11(8-13)16-10-14(18)9-12-4-1-2-7-15(12)16/h1-10,18H. The second-order valence-corrected chi connectivity index (χ2v) is 4.22. The highest BCUT2D eigenvalue weighted by molar-refractivity contribution is 5.97. The second kappa shape index (κ2) is 4.15. The summed E-state index contributed by atoms with van der Waals surface area (Å²) in [4.78, 5) is 0. The zero-order valence-corrected chi connectivity index (χ0v) is 9.60. The van der Waals surface area contributed by atoms with E-state index in [0.29, 0.717) is 0 Å². The van der Waals surface area contributed by atoms with E-state index in [1.54, 1.807) is 18.2 Å².